The molecule has 1 aromatic heterocycles. The lowest BCUT2D eigenvalue weighted by atomic mass is 10.0. The molecule has 0 spiro atoms. The van der Waals surface area contributed by atoms with Gasteiger partial charge in [-0.1, -0.05) is 35.9 Å². The van der Waals surface area contributed by atoms with Crippen molar-refractivity contribution in [3.8, 4) is 11.3 Å². The van der Waals surface area contributed by atoms with Gasteiger partial charge in [0.15, 0.2) is 0 Å². The smallest absolute Gasteiger partial charge is 0.207 e. The first-order chi connectivity index (χ1) is 12.6. The van der Waals surface area contributed by atoms with Crippen LogP contribution in [0.4, 0.5) is 5.13 Å². The largest absolute Gasteiger partial charge is 0.231 e. The van der Waals surface area contributed by atoms with E-state index in [0.29, 0.717) is 0 Å². The molecule has 3 aromatic rings. The molecule has 26 heavy (non-hydrogen) atoms. The Kier molecular flexibility index (Phi) is 5.02. The fraction of sp³-hybridized carbons (Fsp3) is 0.200. The lowest BCUT2D eigenvalue weighted by Crippen LogP contribution is -2.18. The molecule has 0 saturated heterocycles. The summed E-state index contributed by atoms with van der Waals surface area (Å²) in [4.78, 5) is 6.10. The third-order valence-corrected chi connectivity index (χ3v) is 6.22. The maximum atomic E-state index is 5.99. The summed E-state index contributed by atoms with van der Waals surface area (Å²) < 4.78 is 0. The molecule has 3 nitrogen and oxygen atoms in total. The van der Waals surface area contributed by atoms with E-state index in [2.05, 4.69) is 47.8 Å². The zero-order chi connectivity index (χ0) is 18.1. The molecule has 6 heteroatoms. The second-order valence-corrected chi connectivity index (χ2v) is 8.35. The highest BCUT2D eigenvalue weighted by Gasteiger charge is 2.29. The van der Waals surface area contributed by atoms with Gasteiger partial charge >= 0.3 is 0 Å². The Bertz CT molecular complexity index is 932. The first-order valence-electron chi connectivity index (χ1n) is 8.33. The molecule has 0 radical (unpaired) electrons. The number of hydrogen-bond acceptors (Lipinski definition) is 5. The summed E-state index contributed by atoms with van der Waals surface area (Å²) in [5.74, 6) is 0. The summed E-state index contributed by atoms with van der Waals surface area (Å²) in [6, 6.07) is 16.7. The van der Waals surface area contributed by atoms with Gasteiger partial charge < -0.3 is 0 Å². The van der Waals surface area contributed by atoms with Crippen molar-refractivity contribution in [2.24, 2.45) is 5.10 Å². The van der Waals surface area contributed by atoms with E-state index in [-0.39, 0.29) is 6.04 Å². The Morgan fingerprint density at radius 2 is 1.85 bits per heavy atom. The van der Waals surface area contributed by atoms with E-state index in [0.717, 1.165) is 33.5 Å². The number of nitrogens with zero attached hydrogens (tertiary/aromatic N) is 3. The van der Waals surface area contributed by atoms with Gasteiger partial charge in [-0.2, -0.15) is 5.10 Å². The number of anilines is 1. The van der Waals surface area contributed by atoms with E-state index < -0.39 is 0 Å². The van der Waals surface area contributed by atoms with Gasteiger partial charge in [0, 0.05) is 33.0 Å². The maximum absolute atomic E-state index is 5.99. The number of benzene rings is 2. The lowest BCUT2D eigenvalue weighted by molar-refractivity contribution is 0.705. The number of halogens is 1. The topological polar surface area (TPSA) is 28.5 Å². The zero-order valence-electron chi connectivity index (χ0n) is 14.5. The standard InChI is InChI=1S/C20H18ClN3S2/c1-13-11-19(15-5-9-17(25-2)10-6-15)24(23-13)20-22-18(12-26-20)14-3-7-16(21)8-4-14/h3-10,12,19H,11H2,1-2H3/t19-/m0/s1. The monoisotopic (exact) mass is 399 g/mol. The van der Waals surface area contributed by atoms with Crippen LogP contribution in [0.5, 0.6) is 0 Å². The molecule has 1 aliphatic rings. The average molecular weight is 400 g/mol. The van der Waals surface area contributed by atoms with Crippen LogP contribution in [0.1, 0.15) is 24.9 Å². The summed E-state index contributed by atoms with van der Waals surface area (Å²) in [7, 11) is 0. The number of thioether (sulfide) groups is 1. The molecular formula is C20H18ClN3S2. The number of aromatic nitrogens is 1. The van der Waals surface area contributed by atoms with Crippen LogP contribution in [-0.4, -0.2) is 17.0 Å². The minimum atomic E-state index is 0.204. The van der Waals surface area contributed by atoms with Gasteiger partial charge in [-0.25, -0.2) is 9.99 Å². The molecule has 1 atom stereocenters. The number of rotatable bonds is 4. The maximum Gasteiger partial charge on any atom is 0.207 e. The first kappa shape index (κ1) is 17.6. The predicted molar refractivity (Wildman–Crippen MR) is 114 cm³/mol. The molecule has 0 N–H and O–H groups in total. The SMILES string of the molecule is CSc1ccc([C@@H]2CC(C)=NN2c2nc(-c3ccc(Cl)cc3)cs2)cc1. The Balaban J connectivity index is 1.63. The summed E-state index contributed by atoms with van der Waals surface area (Å²) in [5.41, 5.74) is 4.43. The van der Waals surface area contributed by atoms with Gasteiger partial charge in [0.2, 0.25) is 5.13 Å². The minimum absolute atomic E-state index is 0.204. The van der Waals surface area contributed by atoms with Crippen LogP contribution in [0.25, 0.3) is 11.3 Å². The van der Waals surface area contributed by atoms with Gasteiger partial charge in [-0.05, 0) is 43.0 Å². The second-order valence-electron chi connectivity index (χ2n) is 6.20. The van der Waals surface area contributed by atoms with Crippen molar-refractivity contribution in [3.63, 3.8) is 0 Å². The Labute approximate surface area is 166 Å². The highest BCUT2D eigenvalue weighted by Crippen LogP contribution is 2.38. The van der Waals surface area contributed by atoms with Crippen LogP contribution < -0.4 is 5.01 Å². The fourth-order valence-electron chi connectivity index (χ4n) is 3.04. The lowest BCUT2D eigenvalue weighted by Gasteiger charge is -2.21. The molecule has 2 aromatic carbocycles. The molecule has 0 amide bonds. The average Bonchev–Trinajstić information content (AvgIpc) is 3.29. The molecule has 0 fully saturated rings. The first-order valence-corrected chi connectivity index (χ1v) is 10.8. The third-order valence-electron chi connectivity index (χ3n) is 4.39. The van der Waals surface area contributed by atoms with E-state index in [1.807, 2.05) is 24.3 Å². The second kappa shape index (κ2) is 7.43. The van der Waals surface area contributed by atoms with E-state index >= 15 is 0 Å². The van der Waals surface area contributed by atoms with Gasteiger partial charge in [-0.3, -0.25) is 0 Å². The van der Waals surface area contributed by atoms with E-state index in [9.17, 15) is 0 Å². The summed E-state index contributed by atoms with van der Waals surface area (Å²) >= 11 is 9.37. The van der Waals surface area contributed by atoms with Gasteiger partial charge in [0.1, 0.15) is 0 Å². The molecule has 132 valence electrons. The Morgan fingerprint density at radius 1 is 1.12 bits per heavy atom. The van der Waals surface area contributed by atoms with Gasteiger partial charge in [0.25, 0.3) is 0 Å². The van der Waals surface area contributed by atoms with Crippen LogP contribution in [0, 0.1) is 0 Å². The van der Waals surface area contributed by atoms with Crippen LogP contribution in [0.3, 0.4) is 0 Å². The summed E-state index contributed by atoms with van der Waals surface area (Å²) in [5, 5.41) is 10.5. The van der Waals surface area contributed by atoms with Crippen LogP contribution in [0.2, 0.25) is 5.02 Å². The highest BCUT2D eigenvalue weighted by molar-refractivity contribution is 7.98. The molecule has 0 bridgehead atoms. The van der Waals surface area contributed by atoms with Crippen molar-refractivity contribution in [1.29, 1.82) is 0 Å². The molecule has 4 rings (SSSR count). The molecule has 2 heterocycles. The molecule has 0 saturated carbocycles. The quantitative estimate of drug-likeness (QED) is 0.468. The van der Waals surface area contributed by atoms with E-state index in [1.54, 1.807) is 23.1 Å². The van der Waals surface area contributed by atoms with Crippen molar-refractivity contribution in [1.82, 2.24) is 4.98 Å². The van der Waals surface area contributed by atoms with E-state index in [1.165, 1.54) is 10.5 Å². The Hall–Kier alpha value is -1.82. The summed E-state index contributed by atoms with van der Waals surface area (Å²) in [6.07, 6.45) is 3.02. The van der Waals surface area contributed by atoms with Crippen molar-refractivity contribution in [3.05, 3.63) is 64.5 Å². The molecule has 1 aliphatic heterocycles. The van der Waals surface area contributed by atoms with Crippen LogP contribution >= 0.6 is 34.7 Å². The highest BCUT2D eigenvalue weighted by atomic mass is 35.5. The predicted octanol–water partition coefficient (Wildman–Crippen LogP) is 6.51. The number of thiazole rings is 1. The van der Waals surface area contributed by atoms with Crippen LogP contribution in [0.15, 0.2) is 63.9 Å². The number of hydrazone groups is 1. The molecule has 0 aliphatic carbocycles. The van der Waals surface area contributed by atoms with Gasteiger partial charge in [0.05, 0.1) is 11.7 Å². The van der Waals surface area contributed by atoms with Crippen molar-refractivity contribution >= 4 is 45.5 Å². The third kappa shape index (κ3) is 3.52. The number of hydrogen-bond donors (Lipinski definition) is 0. The normalized spacial score (nSPS) is 16.8. The van der Waals surface area contributed by atoms with Crippen molar-refractivity contribution in [2.75, 3.05) is 11.3 Å². The minimum Gasteiger partial charge on any atom is -0.231 e. The van der Waals surface area contributed by atoms with Crippen molar-refractivity contribution in [2.45, 2.75) is 24.3 Å². The van der Waals surface area contributed by atoms with Crippen LogP contribution in [-0.2, 0) is 0 Å². The fourth-order valence-corrected chi connectivity index (χ4v) is 4.41. The van der Waals surface area contributed by atoms with Gasteiger partial charge in [-0.15, -0.1) is 23.1 Å². The van der Waals surface area contributed by atoms with Crippen molar-refractivity contribution < 1.29 is 0 Å². The summed E-state index contributed by atoms with van der Waals surface area (Å²) in [6.45, 7) is 2.08. The molecular weight excluding hydrogens is 382 g/mol. The zero-order valence-corrected chi connectivity index (χ0v) is 16.9. The Morgan fingerprint density at radius 3 is 2.54 bits per heavy atom. The van der Waals surface area contributed by atoms with E-state index in [4.69, 9.17) is 21.7 Å². The molecule has 0 unspecified atom stereocenters.